The van der Waals surface area contributed by atoms with E-state index in [9.17, 15) is 14.7 Å². The second-order valence-corrected chi connectivity index (χ2v) is 6.59. The van der Waals surface area contributed by atoms with Crippen molar-refractivity contribution in [2.45, 2.75) is 40.5 Å². The van der Waals surface area contributed by atoms with Gasteiger partial charge in [-0.1, -0.05) is 13.8 Å². The average molecular weight is 371 g/mol. The van der Waals surface area contributed by atoms with E-state index in [0.29, 0.717) is 17.2 Å². The van der Waals surface area contributed by atoms with Crippen LogP contribution in [0.25, 0.3) is 0 Å². The maximum Gasteiger partial charge on any atom is 0.397 e. The van der Waals surface area contributed by atoms with Crippen LogP contribution < -0.4 is 10.1 Å². The zero-order valence-corrected chi connectivity index (χ0v) is 16.3. The van der Waals surface area contributed by atoms with Crippen molar-refractivity contribution in [3.05, 3.63) is 47.0 Å². The number of benzene rings is 2. The molecule has 0 bridgehead atoms. The van der Waals surface area contributed by atoms with Crippen LogP contribution in [0.5, 0.6) is 17.2 Å². The molecule has 0 heterocycles. The minimum atomic E-state index is -0.918. The SMILES string of the molecule is CCOC(=O)C(=O)Nc1cc(C)c(Oc2ccc(O)c(C(C)C)c2)c(C)c1. The van der Waals surface area contributed by atoms with E-state index in [2.05, 4.69) is 10.1 Å². The molecule has 0 aliphatic heterocycles. The number of hydrogen-bond acceptors (Lipinski definition) is 5. The highest BCUT2D eigenvalue weighted by atomic mass is 16.5. The number of rotatable bonds is 5. The number of hydrogen-bond donors (Lipinski definition) is 2. The summed E-state index contributed by atoms with van der Waals surface area (Å²) in [5, 5.41) is 12.5. The molecule has 0 aliphatic carbocycles. The Morgan fingerprint density at radius 3 is 2.30 bits per heavy atom. The lowest BCUT2D eigenvalue weighted by atomic mass is 10.0. The van der Waals surface area contributed by atoms with E-state index in [0.717, 1.165) is 16.7 Å². The van der Waals surface area contributed by atoms with Crippen molar-refractivity contribution >= 4 is 17.6 Å². The van der Waals surface area contributed by atoms with Crippen molar-refractivity contribution in [3.63, 3.8) is 0 Å². The minimum absolute atomic E-state index is 0.141. The van der Waals surface area contributed by atoms with Gasteiger partial charge in [0, 0.05) is 11.3 Å². The van der Waals surface area contributed by atoms with E-state index < -0.39 is 11.9 Å². The Bertz CT molecular complexity index is 835. The van der Waals surface area contributed by atoms with Crippen molar-refractivity contribution in [3.8, 4) is 17.2 Å². The predicted octanol–water partition coefficient (Wildman–Crippen LogP) is 4.43. The Kier molecular flexibility index (Phi) is 6.45. The number of carbonyl (C=O) groups is 2. The van der Waals surface area contributed by atoms with E-state index in [-0.39, 0.29) is 18.3 Å². The van der Waals surface area contributed by atoms with Gasteiger partial charge in [-0.15, -0.1) is 0 Å². The number of phenolic OH excluding ortho intramolecular Hbond substituents is 1. The Labute approximate surface area is 159 Å². The first-order valence-electron chi connectivity index (χ1n) is 8.83. The highest BCUT2D eigenvalue weighted by Gasteiger charge is 2.17. The molecule has 144 valence electrons. The molecule has 2 N–H and O–H groups in total. The molecular formula is C21H25NO5. The number of ether oxygens (including phenoxy) is 2. The number of carbonyl (C=O) groups excluding carboxylic acids is 2. The zero-order valence-electron chi connectivity index (χ0n) is 16.3. The first kappa shape index (κ1) is 20.3. The molecule has 1 amide bonds. The minimum Gasteiger partial charge on any atom is -0.508 e. The van der Waals surface area contributed by atoms with Crippen LogP contribution in [0.3, 0.4) is 0 Å². The van der Waals surface area contributed by atoms with Gasteiger partial charge in [0.1, 0.15) is 17.2 Å². The maximum absolute atomic E-state index is 11.8. The number of amides is 1. The van der Waals surface area contributed by atoms with Crippen LogP contribution >= 0.6 is 0 Å². The maximum atomic E-state index is 11.8. The quantitative estimate of drug-likeness (QED) is 0.600. The van der Waals surface area contributed by atoms with Crippen LogP contribution in [0.15, 0.2) is 30.3 Å². The van der Waals surface area contributed by atoms with Crippen LogP contribution in [0, 0.1) is 13.8 Å². The van der Waals surface area contributed by atoms with Gasteiger partial charge in [0.05, 0.1) is 6.61 Å². The lowest BCUT2D eigenvalue weighted by Crippen LogP contribution is -2.25. The molecule has 2 aromatic rings. The molecule has 0 unspecified atom stereocenters. The fraction of sp³-hybridized carbons (Fsp3) is 0.333. The normalized spacial score (nSPS) is 10.6. The standard InChI is InChI=1S/C21H25NO5/c1-6-26-21(25)20(24)22-15-9-13(4)19(14(5)10-15)27-16-7-8-18(23)17(11-16)12(2)3/h7-12,23H,6H2,1-5H3,(H,22,24). The third kappa shape index (κ3) is 5.00. The summed E-state index contributed by atoms with van der Waals surface area (Å²) in [4.78, 5) is 23.3. The second kappa shape index (κ2) is 8.58. The smallest absolute Gasteiger partial charge is 0.397 e. The van der Waals surface area contributed by atoms with Gasteiger partial charge >= 0.3 is 11.9 Å². The molecule has 0 aromatic heterocycles. The molecule has 2 aromatic carbocycles. The number of aromatic hydroxyl groups is 1. The van der Waals surface area contributed by atoms with Crippen molar-refractivity contribution in [2.75, 3.05) is 11.9 Å². The molecule has 27 heavy (non-hydrogen) atoms. The molecule has 0 spiro atoms. The van der Waals surface area contributed by atoms with Gasteiger partial charge in [-0.2, -0.15) is 0 Å². The van der Waals surface area contributed by atoms with Gasteiger partial charge in [-0.05, 0) is 68.1 Å². The van der Waals surface area contributed by atoms with E-state index >= 15 is 0 Å². The number of aryl methyl sites for hydroxylation is 2. The summed E-state index contributed by atoms with van der Waals surface area (Å²) in [5.41, 5.74) is 2.90. The van der Waals surface area contributed by atoms with Crippen molar-refractivity contribution in [2.24, 2.45) is 0 Å². The lowest BCUT2D eigenvalue weighted by Gasteiger charge is -2.16. The Morgan fingerprint density at radius 2 is 1.74 bits per heavy atom. The summed E-state index contributed by atoms with van der Waals surface area (Å²) in [6.07, 6.45) is 0. The van der Waals surface area contributed by atoms with Crippen LogP contribution in [0.1, 0.15) is 43.4 Å². The highest BCUT2D eigenvalue weighted by Crippen LogP contribution is 2.35. The molecule has 0 aliphatic rings. The molecule has 0 saturated carbocycles. The van der Waals surface area contributed by atoms with Crippen LogP contribution in [0.2, 0.25) is 0 Å². The fourth-order valence-electron chi connectivity index (χ4n) is 2.74. The molecule has 0 atom stereocenters. The van der Waals surface area contributed by atoms with Gasteiger partial charge in [0.2, 0.25) is 0 Å². The molecule has 6 heteroatoms. The fourth-order valence-corrected chi connectivity index (χ4v) is 2.74. The number of nitrogens with one attached hydrogen (secondary N) is 1. The molecule has 0 radical (unpaired) electrons. The summed E-state index contributed by atoms with van der Waals surface area (Å²) < 4.78 is 10.7. The summed E-state index contributed by atoms with van der Waals surface area (Å²) >= 11 is 0. The largest absolute Gasteiger partial charge is 0.508 e. The first-order valence-corrected chi connectivity index (χ1v) is 8.83. The van der Waals surface area contributed by atoms with Crippen molar-refractivity contribution in [1.82, 2.24) is 0 Å². The van der Waals surface area contributed by atoms with Gasteiger partial charge in [-0.25, -0.2) is 4.79 Å². The summed E-state index contributed by atoms with van der Waals surface area (Å²) in [6.45, 7) is 9.48. The summed E-state index contributed by atoms with van der Waals surface area (Å²) in [5.74, 6) is -0.0579. The van der Waals surface area contributed by atoms with E-state index in [1.807, 2.05) is 33.8 Å². The van der Waals surface area contributed by atoms with Crippen LogP contribution in [-0.4, -0.2) is 23.6 Å². The first-order chi connectivity index (χ1) is 12.7. The van der Waals surface area contributed by atoms with Crippen LogP contribution in [-0.2, 0) is 14.3 Å². The molecule has 0 saturated heterocycles. The molecule has 0 fully saturated rings. The van der Waals surface area contributed by atoms with E-state index in [4.69, 9.17) is 4.74 Å². The van der Waals surface area contributed by atoms with E-state index in [1.165, 1.54) is 0 Å². The van der Waals surface area contributed by atoms with Crippen molar-refractivity contribution in [1.29, 1.82) is 0 Å². The third-order valence-corrected chi connectivity index (χ3v) is 4.02. The van der Waals surface area contributed by atoms with Crippen molar-refractivity contribution < 1.29 is 24.2 Å². The third-order valence-electron chi connectivity index (χ3n) is 4.02. The molecular weight excluding hydrogens is 346 g/mol. The summed E-state index contributed by atoms with van der Waals surface area (Å²) in [7, 11) is 0. The topological polar surface area (TPSA) is 84.9 Å². The van der Waals surface area contributed by atoms with Gasteiger partial charge in [0.25, 0.3) is 0 Å². The predicted molar refractivity (Wildman–Crippen MR) is 103 cm³/mol. The number of anilines is 1. The highest BCUT2D eigenvalue weighted by molar-refractivity contribution is 6.37. The van der Waals surface area contributed by atoms with Gasteiger partial charge < -0.3 is 19.9 Å². The number of phenols is 1. The lowest BCUT2D eigenvalue weighted by molar-refractivity contribution is -0.152. The summed E-state index contributed by atoms with van der Waals surface area (Å²) in [6, 6.07) is 8.58. The number of esters is 1. The Balaban J connectivity index is 2.24. The van der Waals surface area contributed by atoms with Gasteiger partial charge in [-0.3, -0.25) is 4.79 Å². The van der Waals surface area contributed by atoms with E-state index in [1.54, 1.807) is 31.2 Å². The Hall–Kier alpha value is -3.02. The monoisotopic (exact) mass is 371 g/mol. The molecule has 2 rings (SSSR count). The molecule has 6 nitrogen and oxygen atoms in total. The zero-order chi connectivity index (χ0) is 20.1. The van der Waals surface area contributed by atoms with Gasteiger partial charge in [0.15, 0.2) is 0 Å². The Morgan fingerprint density at radius 1 is 1.11 bits per heavy atom. The second-order valence-electron chi connectivity index (χ2n) is 6.59. The van der Waals surface area contributed by atoms with Crippen LogP contribution in [0.4, 0.5) is 5.69 Å². The average Bonchev–Trinajstić information content (AvgIpc) is 2.59.